The molecule has 1 aliphatic carbocycles. The van der Waals surface area contributed by atoms with E-state index in [0.29, 0.717) is 28.8 Å². The Morgan fingerprint density at radius 3 is 2.65 bits per heavy atom. The van der Waals surface area contributed by atoms with Crippen LogP contribution in [0.5, 0.6) is 5.75 Å². The van der Waals surface area contributed by atoms with E-state index in [1.807, 2.05) is 6.92 Å². The van der Waals surface area contributed by atoms with Crippen molar-refractivity contribution in [3.8, 4) is 5.75 Å². The first-order chi connectivity index (χ1) is 11.1. The number of nitrogen functional groups attached to an aromatic ring is 1. The van der Waals surface area contributed by atoms with Gasteiger partial charge in [0.15, 0.2) is 5.89 Å². The molecule has 0 bridgehead atoms. The second kappa shape index (κ2) is 7.04. The molecular weight excluding hydrogens is 292 g/mol. The van der Waals surface area contributed by atoms with Crippen LogP contribution in [0, 0.1) is 6.92 Å². The van der Waals surface area contributed by atoms with Crippen molar-refractivity contribution >= 4 is 5.69 Å². The van der Waals surface area contributed by atoms with E-state index in [-0.39, 0.29) is 6.61 Å². The van der Waals surface area contributed by atoms with E-state index in [1.165, 1.54) is 19.3 Å². The summed E-state index contributed by atoms with van der Waals surface area (Å²) in [7, 11) is 0. The molecule has 0 amide bonds. The highest BCUT2D eigenvalue weighted by Gasteiger charge is 2.24. The smallest absolute Gasteiger partial charge is 0.197 e. The second-order valence-corrected chi connectivity index (χ2v) is 6.22. The first-order valence-corrected chi connectivity index (χ1v) is 8.27. The monoisotopic (exact) mass is 316 g/mol. The third-order valence-corrected chi connectivity index (χ3v) is 4.41. The summed E-state index contributed by atoms with van der Waals surface area (Å²) in [4.78, 5) is 4.54. The largest absolute Gasteiger partial charge is 0.490 e. The molecule has 1 fully saturated rings. The van der Waals surface area contributed by atoms with Crippen LogP contribution in [0.1, 0.15) is 61.5 Å². The molecule has 0 aliphatic heterocycles. The van der Waals surface area contributed by atoms with E-state index >= 15 is 0 Å². The molecule has 1 aromatic carbocycles. The van der Waals surface area contributed by atoms with Gasteiger partial charge in [-0.2, -0.15) is 0 Å². The number of aliphatic hydroxyl groups is 1. The zero-order valence-electron chi connectivity index (χ0n) is 13.5. The number of rotatable bonds is 5. The lowest BCUT2D eigenvalue weighted by Gasteiger charge is -2.18. The summed E-state index contributed by atoms with van der Waals surface area (Å²) < 4.78 is 11.4. The maximum Gasteiger partial charge on any atom is 0.197 e. The van der Waals surface area contributed by atoms with Crippen LogP contribution in [0.4, 0.5) is 5.69 Å². The highest BCUT2D eigenvalue weighted by Crippen LogP contribution is 2.34. The van der Waals surface area contributed by atoms with E-state index in [2.05, 4.69) is 4.98 Å². The van der Waals surface area contributed by atoms with Crippen LogP contribution < -0.4 is 10.5 Å². The van der Waals surface area contributed by atoms with Gasteiger partial charge in [-0.15, -0.1) is 0 Å². The van der Waals surface area contributed by atoms with Crippen molar-refractivity contribution < 1.29 is 14.3 Å². The predicted molar refractivity (Wildman–Crippen MR) is 88.4 cm³/mol. The van der Waals surface area contributed by atoms with Gasteiger partial charge in [0, 0.05) is 11.6 Å². The topological polar surface area (TPSA) is 81.5 Å². The standard InChI is InChI=1S/C18H24N2O3/c1-12-17(20-18(23-12)13-5-3-2-4-6-13)16(21)11-22-15-9-7-14(19)8-10-15/h7-10,13,16,21H,2-6,11,19H2,1H3. The number of aryl methyl sites for hydroxylation is 1. The van der Waals surface area contributed by atoms with E-state index in [1.54, 1.807) is 24.3 Å². The van der Waals surface area contributed by atoms with Crippen LogP contribution >= 0.6 is 0 Å². The summed E-state index contributed by atoms with van der Waals surface area (Å²) >= 11 is 0. The molecule has 1 heterocycles. The first kappa shape index (κ1) is 15.9. The summed E-state index contributed by atoms with van der Waals surface area (Å²) in [5, 5.41) is 10.4. The summed E-state index contributed by atoms with van der Waals surface area (Å²) in [5.74, 6) is 2.51. The van der Waals surface area contributed by atoms with Crippen molar-refractivity contribution in [1.82, 2.24) is 4.98 Å². The number of anilines is 1. The number of aliphatic hydroxyl groups excluding tert-OH is 1. The summed E-state index contributed by atoms with van der Waals surface area (Å²) in [6.45, 7) is 1.99. The molecular formula is C18H24N2O3. The average molecular weight is 316 g/mol. The normalized spacial score (nSPS) is 17.1. The number of ether oxygens (including phenoxy) is 1. The highest BCUT2D eigenvalue weighted by molar-refractivity contribution is 5.41. The van der Waals surface area contributed by atoms with Gasteiger partial charge < -0.3 is 20.0 Å². The molecule has 23 heavy (non-hydrogen) atoms. The SMILES string of the molecule is Cc1oc(C2CCCCC2)nc1C(O)COc1ccc(N)cc1. The Hall–Kier alpha value is -2.01. The summed E-state index contributed by atoms with van der Waals surface area (Å²) in [6, 6.07) is 7.10. The van der Waals surface area contributed by atoms with Gasteiger partial charge in [0.25, 0.3) is 0 Å². The van der Waals surface area contributed by atoms with Gasteiger partial charge in [-0.1, -0.05) is 19.3 Å². The Kier molecular flexibility index (Phi) is 4.86. The molecule has 1 atom stereocenters. The molecule has 3 N–H and O–H groups in total. The van der Waals surface area contributed by atoms with Crippen LogP contribution in [0.2, 0.25) is 0 Å². The van der Waals surface area contributed by atoms with E-state index < -0.39 is 6.10 Å². The maximum absolute atomic E-state index is 10.4. The zero-order chi connectivity index (χ0) is 16.2. The molecule has 5 nitrogen and oxygen atoms in total. The number of oxazole rings is 1. The van der Waals surface area contributed by atoms with Crippen molar-refractivity contribution in [2.45, 2.75) is 51.0 Å². The van der Waals surface area contributed by atoms with Gasteiger partial charge in [-0.05, 0) is 44.0 Å². The average Bonchev–Trinajstić information content (AvgIpc) is 2.97. The van der Waals surface area contributed by atoms with Crippen molar-refractivity contribution in [2.24, 2.45) is 0 Å². The highest BCUT2D eigenvalue weighted by atomic mass is 16.5. The van der Waals surface area contributed by atoms with Gasteiger partial charge in [0.2, 0.25) is 0 Å². The van der Waals surface area contributed by atoms with Crippen molar-refractivity contribution in [3.63, 3.8) is 0 Å². The summed E-state index contributed by atoms with van der Waals surface area (Å²) in [6.07, 6.45) is 5.19. The molecule has 0 saturated heterocycles. The third kappa shape index (κ3) is 3.85. The Balaban J connectivity index is 1.63. The van der Waals surface area contributed by atoms with Crippen LogP contribution in [0.3, 0.4) is 0 Å². The number of aromatic nitrogens is 1. The number of hydrogen-bond acceptors (Lipinski definition) is 5. The maximum atomic E-state index is 10.4. The lowest BCUT2D eigenvalue weighted by Crippen LogP contribution is -2.11. The van der Waals surface area contributed by atoms with Gasteiger partial charge in [0.05, 0.1) is 0 Å². The van der Waals surface area contributed by atoms with Gasteiger partial charge in [0.1, 0.15) is 29.9 Å². The zero-order valence-corrected chi connectivity index (χ0v) is 13.5. The van der Waals surface area contributed by atoms with Crippen molar-refractivity contribution in [1.29, 1.82) is 0 Å². The number of nitrogens with two attached hydrogens (primary N) is 1. The fourth-order valence-electron chi connectivity index (χ4n) is 3.08. The fourth-order valence-corrected chi connectivity index (χ4v) is 3.08. The molecule has 1 aromatic heterocycles. The molecule has 2 aromatic rings. The quantitative estimate of drug-likeness (QED) is 0.821. The van der Waals surface area contributed by atoms with Gasteiger partial charge in [-0.3, -0.25) is 0 Å². The Labute approximate surface area is 136 Å². The minimum absolute atomic E-state index is 0.140. The summed E-state index contributed by atoms with van der Waals surface area (Å²) in [5.41, 5.74) is 6.91. The number of nitrogens with zero attached hydrogens (tertiary/aromatic N) is 1. The lowest BCUT2D eigenvalue weighted by molar-refractivity contribution is 0.104. The van der Waals surface area contributed by atoms with Crippen molar-refractivity contribution in [3.05, 3.63) is 41.6 Å². The van der Waals surface area contributed by atoms with Crippen LogP contribution in [-0.2, 0) is 0 Å². The minimum atomic E-state index is -0.798. The predicted octanol–water partition coefficient (Wildman–Crippen LogP) is 3.73. The van der Waals surface area contributed by atoms with Gasteiger partial charge >= 0.3 is 0 Å². The van der Waals surface area contributed by atoms with E-state index in [9.17, 15) is 5.11 Å². The molecule has 1 unspecified atom stereocenters. The minimum Gasteiger partial charge on any atom is -0.490 e. The molecule has 3 rings (SSSR count). The molecule has 5 heteroatoms. The van der Waals surface area contributed by atoms with Crippen LogP contribution in [-0.4, -0.2) is 16.7 Å². The Bertz CT molecular complexity index is 630. The number of hydrogen-bond donors (Lipinski definition) is 2. The van der Waals surface area contributed by atoms with Crippen LogP contribution in [0.25, 0.3) is 0 Å². The molecule has 124 valence electrons. The molecule has 1 saturated carbocycles. The van der Waals surface area contributed by atoms with Crippen LogP contribution in [0.15, 0.2) is 28.7 Å². The molecule has 1 aliphatic rings. The Morgan fingerprint density at radius 2 is 1.96 bits per heavy atom. The van der Waals surface area contributed by atoms with Gasteiger partial charge in [-0.25, -0.2) is 4.98 Å². The van der Waals surface area contributed by atoms with E-state index in [0.717, 1.165) is 18.7 Å². The van der Waals surface area contributed by atoms with E-state index in [4.69, 9.17) is 14.9 Å². The fraction of sp³-hybridized carbons (Fsp3) is 0.500. The molecule has 0 radical (unpaired) electrons. The number of benzene rings is 1. The van der Waals surface area contributed by atoms with Crippen molar-refractivity contribution in [2.75, 3.05) is 12.3 Å². The lowest BCUT2D eigenvalue weighted by atomic mass is 9.89. The second-order valence-electron chi connectivity index (χ2n) is 6.22. The first-order valence-electron chi connectivity index (χ1n) is 8.27. The molecule has 0 spiro atoms. The Morgan fingerprint density at radius 1 is 1.26 bits per heavy atom. The third-order valence-electron chi connectivity index (χ3n) is 4.41.